The van der Waals surface area contributed by atoms with Crippen molar-refractivity contribution in [1.29, 1.82) is 0 Å². The normalized spacial score (nSPS) is 11.7. The molecule has 6 nitrogen and oxygen atoms in total. The number of aliphatic carboxylic acids is 1. The van der Waals surface area contributed by atoms with Crippen LogP contribution in [0.2, 0.25) is 0 Å². The predicted molar refractivity (Wildman–Crippen MR) is 80.7 cm³/mol. The van der Waals surface area contributed by atoms with Gasteiger partial charge in [-0.15, -0.1) is 0 Å². The van der Waals surface area contributed by atoms with Gasteiger partial charge in [0.05, 0.1) is 12.5 Å². The standard InChI is InChI=1S/C16H16N2O4/c1-10-4-2-3-5-12(10)13(9-15(20)21)18-16(22)14-8-11(19)6-7-17-14/h2-8,13H,9H2,1H3,(H,17,19)(H,18,22)(H,20,21). The molecule has 0 bridgehead atoms. The Morgan fingerprint density at radius 3 is 2.64 bits per heavy atom. The van der Waals surface area contributed by atoms with Gasteiger partial charge in [0.2, 0.25) is 0 Å². The molecule has 2 aromatic rings. The molecule has 0 aliphatic heterocycles. The van der Waals surface area contributed by atoms with Crippen LogP contribution >= 0.6 is 0 Å². The summed E-state index contributed by atoms with van der Waals surface area (Å²) < 4.78 is 0. The highest BCUT2D eigenvalue weighted by Crippen LogP contribution is 2.21. The average molecular weight is 300 g/mol. The second kappa shape index (κ2) is 6.71. The van der Waals surface area contributed by atoms with E-state index in [0.29, 0.717) is 0 Å². The Morgan fingerprint density at radius 2 is 2.00 bits per heavy atom. The Kier molecular flexibility index (Phi) is 4.73. The summed E-state index contributed by atoms with van der Waals surface area (Å²) in [4.78, 5) is 37.2. The number of carboxylic acid groups (broad SMARTS) is 1. The molecule has 1 aromatic carbocycles. The first-order chi connectivity index (χ1) is 10.5. The summed E-state index contributed by atoms with van der Waals surface area (Å²) in [5.74, 6) is -1.54. The molecular formula is C16H16N2O4. The monoisotopic (exact) mass is 300 g/mol. The lowest BCUT2D eigenvalue weighted by Crippen LogP contribution is -2.31. The SMILES string of the molecule is Cc1ccccc1C(CC(=O)O)NC(=O)c1cc(=O)cc[nH]1. The summed E-state index contributed by atoms with van der Waals surface area (Å²) in [5, 5.41) is 11.7. The molecule has 0 aliphatic carbocycles. The number of hydrogen-bond acceptors (Lipinski definition) is 3. The highest BCUT2D eigenvalue weighted by Gasteiger charge is 2.20. The van der Waals surface area contributed by atoms with Crippen molar-refractivity contribution in [1.82, 2.24) is 10.3 Å². The molecule has 3 N–H and O–H groups in total. The Bertz CT molecular complexity index is 752. The number of pyridine rings is 1. The lowest BCUT2D eigenvalue weighted by molar-refractivity contribution is -0.137. The third-order valence-corrected chi connectivity index (χ3v) is 3.27. The zero-order chi connectivity index (χ0) is 16.1. The molecule has 22 heavy (non-hydrogen) atoms. The van der Waals surface area contributed by atoms with E-state index in [4.69, 9.17) is 5.11 Å². The number of carboxylic acids is 1. The second-order valence-electron chi connectivity index (χ2n) is 4.92. The molecule has 2 rings (SSSR count). The van der Waals surface area contributed by atoms with Crippen molar-refractivity contribution in [2.45, 2.75) is 19.4 Å². The summed E-state index contributed by atoms with van der Waals surface area (Å²) in [5.41, 5.74) is 1.41. The number of carbonyl (C=O) groups excluding carboxylic acids is 1. The van der Waals surface area contributed by atoms with Gasteiger partial charge in [0.1, 0.15) is 5.69 Å². The van der Waals surface area contributed by atoms with Crippen LogP contribution in [0, 0.1) is 6.92 Å². The van der Waals surface area contributed by atoms with E-state index in [1.54, 1.807) is 12.1 Å². The number of aromatic nitrogens is 1. The van der Waals surface area contributed by atoms with Gasteiger partial charge in [0.25, 0.3) is 5.91 Å². The van der Waals surface area contributed by atoms with Crippen LogP contribution in [0.1, 0.15) is 34.1 Å². The minimum absolute atomic E-state index is 0.0940. The molecule has 1 amide bonds. The number of amides is 1. The molecule has 6 heteroatoms. The maximum absolute atomic E-state index is 12.2. The topological polar surface area (TPSA) is 99.3 Å². The molecule has 0 aliphatic rings. The molecule has 1 atom stereocenters. The molecule has 1 unspecified atom stereocenters. The number of aryl methyl sites for hydroxylation is 1. The second-order valence-corrected chi connectivity index (χ2v) is 4.92. The molecular weight excluding hydrogens is 284 g/mol. The number of rotatable bonds is 5. The summed E-state index contributed by atoms with van der Waals surface area (Å²) in [6, 6.07) is 9.05. The van der Waals surface area contributed by atoms with Gasteiger partial charge in [-0.1, -0.05) is 24.3 Å². The molecule has 1 aromatic heterocycles. The Morgan fingerprint density at radius 1 is 1.27 bits per heavy atom. The maximum atomic E-state index is 12.2. The number of carbonyl (C=O) groups is 2. The molecule has 1 heterocycles. The fraction of sp³-hybridized carbons (Fsp3) is 0.188. The van der Waals surface area contributed by atoms with Crippen LogP contribution in [0.25, 0.3) is 0 Å². The zero-order valence-electron chi connectivity index (χ0n) is 12.0. The Labute approximate surface area is 126 Å². The van der Waals surface area contributed by atoms with Crippen molar-refractivity contribution in [2.24, 2.45) is 0 Å². The third kappa shape index (κ3) is 3.82. The molecule has 0 spiro atoms. The lowest BCUT2D eigenvalue weighted by atomic mass is 9.98. The number of hydrogen-bond donors (Lipinski definition) is 3. The van der Waals surface area contributed by atoms with Crippen LogP contribution in [0.5, 0.6) is 0 Å². The van der Waals surface area contributed by atoms with Gasteiger partial charge in [-0.2, -0.15) is 0 Å². The van der Waals surface area contributed by atoms with Gasteiger partial charge in [0.15, 0.2) is 5.43 Å². The van der Waals surface area contributed by atoms with E-state index >= 15 is 0 Å². The van der Waals surface area contributed by atoms with Crippen LogP contribution in [0.3, 0.4) is 0 Å². The van der Waals surface area contributed by atoms with Gasteiger partial charge in [-0.05, 0) is 18.1 Å². The first-order valence-corrected chi connectivity index (χ1v) is 6.74. The molecule has 114 valence electrons. The maximum Gasteiger partial charge on any atom is 0.305 e. The number of H-pyrrole nitrogens is 1. The van der Waals surface area contributed by atoms with E-state index in [9.17, 15) is 14.4 Å². The van der Waals surface area contributed by atoms with Crippen molar-refractivity contribution in [3.05, 3.63) is 69.6 Å². The summed E-state index contributed by atoms with van der Waals surface area (Å²) in [6.45, 7) is 1.85. The summed E-state index contributed by atoms with van der Waals surface area (Å²) in [7, 11) is 0. The van der Waals surface area contributed by atoms with Crippen molar-refractivity contribution in [3.63, 3.8) is 0 Å². The Balaban J connectivity index is 2.27. The van der Waals surface area contributed by atoms with Crippen molar-refractivity contribution >= 4 is 11.9 Å². The van der Waals surface area contributed by atoms with Crippen molar-refractivity contribution < 1.29 is 14.7 Å². The van der Waals surface area contributed by atoms with E-state index in [1.807, 2.05) is 19.1 Å². The van der Waals surface area contributed by atoms with Gasteiger partial charge in [0, 0.05) is 18.3 Å². The van der Waals surface area contributed by atoms with E-state index < -0.39 is 17.9 Å². The number of aromatic amines is 1. The summed E-state index contributed by atoms with van der Waals surface area (Å²) in [6.07, 6.45) is 1.13. The minimum atomic E-state index is -1.02. The average Bonchev–Trinajstić information content (AvgIpc) is 2.46. The van der Waals surface area contributed by atoms with Crippen molar-refractivity contribution in [3.8, 4) is 0 Å². The highest BCUT2D eigenvalue weighted by atomic mass is 16.4. The number of nitrogens with one attached hydrogen (secondary N) is 2. The summed E-state index contributed by atoms with van der Waals surface area (Å²) >= 11 is 0. The minimum Gasteiger partial charge on any atom is -0.481 e. The van der Waals surface area contributed by atoms with Crippen LogP contribution in [-0.4, -0.2) is 22.0 Å². The molecule has 0 fully saturated rings. The fourth-order valence-electron chi connectivity index (χ4n) is 2.20. The van der Waals surface area contributed by atoms with Gasteiger partial charge >= 0.3 is 5.97 Å². The third-order valence-electron chi connectivity index (χ3n) is 3.27. The van der Waals surface area contributed by atoms with Gasteiger partial charge in [-0.25, -0.2) is 0 Å². The van der Waals surface area contributed by atoms with E-state index in [0.717, 1.165) is 11.1 Å². The largest absolute Gasteiger partial charge is 0.481 e. The predicted octanol–water partition coefficient (Wildman–Crippen LogP) is 1.63. The lowest BCUT2D eigenvalue weighted by Gasteiger charge is -2.19. The van der Waals surface area contributed by atoms with E-state index in [1.165, 1.54) is 18.3 Å². The molecule has 0 saturated carbocycles. The van der Waals surface area contributed by atoms with Crippen LogP contribution in [0.15, 0.2) is 47.4 Å². The smallest absolute Gasteiger partial charge is 0.305 e. The van der Waals surface area contributed by atoms with Gasteiger partial charge in [-0.3, -0.25) is 14.4 Å². The van der Waals surface area contributed by atoms with Crippen LogP contribution in [-0.2, 0) is 4.79 Å². The first-order valence-electron chi connectivity index (χ1n) is 6.74. The Hall–Kier alpha value is -2.89. The zero-order valence-corrected chi connectivity index (χ0v) is 12.0. The van der Waals surface area contributed by atoms with Gasteiger partial charge < -0.3 is 15.4 Å². The van der Waals surface area contributed by atoms with E-state index in [-0.39, 0.29) is 17.5 Å². The fourth-order valence-corrected chi connectivity index (χ4v) is 2.20. The van der Waals surface area contributed by atoms with Crippen LogP contribution < -0.4 is 10.7 Å². The van der Waals surface area contributed by atoms with Crippen LogP contribution in [0.4, 0.5) is 0 Å². The van der Waals surface area contributed by atoms with E-state index in [2.05, 4.69) is 10.3 Å². The molecule has 0 radical (unpaired) electrons. The first kappa shape index (κ1) is 15.5. The van der Waals surface area contributed by atoms with Crippen molar-refractivity contribution in [2.75, 3.05) is 0 Å². The highest BCUT2D eigenvalue weighted by molar-refractivity contribution is 5.92. The molecule has 0 saturated heterocycles. The number of benzene rings is 1. The quantitative estimate of drug-likeness (QED) is 0.781.